The molecule has 0 atom stereocenters. The average Bonchev–Trinajstić information content (AvgIpc) is 1.30. The van der Waals surface area contributed by atoms with E-state index in [0.717, 1.165) is 6.04 Å². The summed E-state index contributed by atoms with van der Waals surface area (Å²) in [6, 6.07) is 0.815. The zero-order valence-corrected chi connectivity index (χ0v) is 3.41. The normalized spacial score (nSPS) is 25.8. The van der Waals surface area contributed by atoms with Gasteiger partial charge in [0.25, 0.3) is 0 Å². The van der Waals surface area contributed by atoms with E-state index in [4.69, 9.17) is 0 Å². The lowest BCUT2D eigenvalue weighted by Crippen LogP contribution is -2.63. The molecule has 0 aromatic carbocycles. The van der Waals surface area contributed by atoms with Crippen molar-refractivity contribution >= 4 is 0 Å². The van der Waals surface area contributed by atoms with E-state index in [1.165, 1.54) is 19.3 Å². The van der Waals surface area contributed by atoms with Gasteiger partial charge in [-0.25, -0.2) is 0 Å². The fourth-order valence-corrected chi connectivity index (χ4v) is 0.493. The van der Waals surface area contributed by atoms with E-state index in [9.17, 15) is 0 Å². The molecule has 0 unspecified atom stereocenters. The maximum atomic E-state index is 3.84. The Labute approximate surface area is 32.2 Å². The fraction of sp³-hybridized carbons (Fsp3) is 1.00. The number of rotatable bonds is 0. The molecule has 0 radical (unpaired) electrons. The Morgan fingerprint density at radius 2 is 1.80 bits per heavy atom. The van der Waals surface area contributed by atoms with Crippen molar-refractivity contribution in [3.05, 3.63) is 0 Å². The molecule has 0 bridgehead atoms. The van der Waals surface area contributed by atoms with Crippen LogP contribution in [0.4, 0.5) is 0 Å². The lowest BCUT2D eigenvalue weighted by atomic mass is 9.95. The third-order valence-electron chi connectivity index (χ3n) is 1.22. The largest absolute Gasteiger partial charge is 0.355 e. The molecule has 0 aromatic heterocycles. The molecule has 1 heteroatoms. The highest BCUT2D eigenvalue weighted by molar-refractivity contribution is 4.63. The molecule has 30 valence electrons. The number of hydrogen-bond donors (Lipinski definition) is 1. The van der Waals surface area contributed by atoms with Crippen molar-refractivity contribution in [3.63, 3.8) is 0 Å². The summed E-state index contributed by atoms with van der Waals surface area (Å²) in [5.41, 5.74) is 3.84. The molecular weight excluding hydrogens is 62.1 g/mol. The molecule has 0 saturated heterocycles. The van der Waals surface area contributed by atoms with Crippen molar-refractivity contribution in [2.24, 2.45) is 0 Å². The van der Waals surface area contributed by atoms with Crippen molar-refractivity contribution in [2.75, 3.05) is 0 Å². The minimum absolute atomic E-state index is 0.815. The molecule has 0 spiro atoms. The first-order chi connectivity index (χ1) is 2.39. The monoisotopic (exact) mass is 72.1 g/mol. The van der Waals surface area contributed by atoms with Crippen LogP contribution in [0.15, 0.2) is 0 Å². The highest BCUT2D eigenvalue weighted by Crippen LogP contribution is 2.12. The van der Waals surface area contributed by atoms with E-state index < -0.39 is 0 Å². The minimum atomic E-state index is 0.815. The Morgan fingerprint density at radius 1 is 1.40 bits per heavy atom. The maximum absolute atomic E-state index is 3.84. The fourth-order valence-electron chi connectivity index (χ4n) is 0.493. The first kappa shape index (κ1) is 3.16. The van der Waals surface area contributed by atoms with E-state index >= 15 is 0 Å². The van der Waals surface area contributed by atoms with Gasteiger partial charge in [0.15, 0.2) is 0 Å². The zero-order valence-electron chi connectivity index (χ0n) is 3.41. The minimum Gasteiger partial charge on any atom is -0.355 e. The van der Waals surface area contributed by atoms with Gasteiger partial charge in [-0.3, -0.25) is 0 Å². The second kappa shape index (κ2) is 0.977. The van der Waals surface area contributed by atoms with Crippen molar-refractivity contribution in [1.29, 1.82) is 0 Å². The van der Waals surface area contributed by atoms with Gasteiger partial charge in [-0.1, -0.05) is 0 Å². The molecule has 1 saturated carbocycles. The number of quaternary nitrogens is 1. The zero-order chi connectivity index (χ0) is 3.70. The lowest BCUT2D eigenvalue weighted by molar-refractivity contribution is -0.437. The third-order valence-corrected chi connectivity index (χ3v) is 1.22. The first-order valence-electron chi connectivity index (χ1n) is 2.22. The molecule has 1 aliphatic carbocycles. The van der Waals surface area contributed by atoms with E-state index in [1.54, 1.807) is 0 Å². The summed E-state index contributed by atoms with van der Waals surface area (Å²) in [5, 5.41) is 0. The molecule has 5 heavy (non-hydrogen) atoms. The summed E-state index contributed by atoms with van der Waals surface area (Å²) >= 11 is 0. The van der Waals surface area contributed by atoms with Gasteiger partial charge in [0, 0.05) is 0 Å². The van der Waals surface area contributed by atoms with Crippen LogP contribution < -0.4 is 5.73 Å². The van der Waals surface area contributed by atoms with Crippen LogP contribution in [-0.2, 0) is 0 Å². The van der Waals surface area contributed by atoms with Gasteiger partial charge in [0.05, 0.1) is 6.04 Å². The highest BCUT2D eigenvalue weighted by Gasteiger charge is 2.13. The Hall–Kier alpha value is -0.0400. The van der Waals surface area contributed by atoms with Gasteiger partial charge in [0.2, 0.25) is 0 Å². The van der Waals surface area contributed by atoms with E-state index in [1.807, 2.05) is 0 Å². The second-order valence-corrected chi connectivity index (χ2v) is 1.80. The Bertz CT molecular complexity index is 30.6. The van der Waals surface area contributed by atoms with Crippen molar-refractivity contribution < 1.29 is 5.73 Å². The van der Waals surface area contributed by atoms with Crippen LogP contribution in [0.5, 0.6) is 0 Å². The van der Waals surface area contributed by atoms with E-state index in [2.05, 4.69) is 5.73 Å². The van der Waals surface area contributed by atoms with Gasteiger partial charge >= 0.3 is 0 Å². The van der Waals surface area contributed by atoms with Gasteiger partial charge < -0.3 is 5.73 Å². The summed E-state index contributed by atoms with van der Waals surface area (Å²) in [7, 11) is 0. The van der Waals surface area contributed by atoms with Gasteiger partial charge in [-0.15, -0.1) is 0 Å². The second-order valence-electron chi connectivity index (χ2n) is 1.80. The van der Waals surface area contributed by atoms with Gasteiger partial charge in [0.1, 0.15) is 0 Å². The van der Waals surface area contributed by atoms with E-state index in [0.29, 0.717) is 0 Å². The lowest BCUT2D eigenvalue weighted by Gasteiger charge is -2.15. The summed E-state index contributed by atoms with van der Waals surface area (Å²) in [6.45, 7) is 0. The predicted octanol–water partition coefficient (Wildman–Crippen LogP) is -0.219. The number of hydrogen-bond acceptors (Lipinski definition) is 0. The molecule has 0 heterocycles. The van der Waals surface area contributed by atoms with Crippen LogP contribution >= 0.6 is 0 Å². The SMILES string of the molecule is [NH3+]C1CCC1. The van der Waals surface area contributed by atoms with Gasteiger partial charge in [-0.05, 0) is 19.3 Å². The quantitative estimate of drug-likeness (QED) is 0.410. The summed E-state index contributed by atoms with van der Waals surface area (Å²) in [5.74, 6) is 0. The van der Waals surface area contributed by atoms with Crippen LogP contribution in [0.2, 0.25) is 0 Å². The van der Waals surface area contributed by atoms with Crippen LogP contribution in [0.3, 0.4) is 0 Å². The maximum Gasteiger partial charge on any atom is 0.0843 e. The summed E-state index contributed by atoms with van der Waals surface area (Å²) in [6.07, 6.45) is 4.17. The molecule has 0 aromatic rings. The molecule has 0 aliphatic heterocycles. The van der Waals surface area contributed by atoms with Crippen molar-refractivity contribution in [1.82, 2.24) is 0 Å². The highest BCUT2D eigenvalue weighted by atomic mass is 14.6. The van der Waals surface area contributed by atoms with Crippen molar-refractivity contribution in [3.8, 4) is 0 Å². The summed E-state index contributed by atoms with van der Waals surface area (Å²) < 4.78 is 0. The topological polar surface area (TPSA) is 27.6 Å². The molecule has 3 N–H and O–H groups in total. The van der Waals surface area contributed by atoms with E-state index in [-0.39, 0.29) is 0 Å². The summed E-state index contributed by atoms with van der Waals surface area (Å²) in [4.78, 5) is 0. The Balaban J connectivity index is 2.08. The molecule has 1 fully saturated rings. The van der Waals surface area contributed by atoms with Crippen LogP contribution in [-0.4, -0.2) is 6.04 Å². The predicted molar refractivity (Wildman–Crippen MR) is 20.5 cm³/mol. The smallest absolute Gasteiger partial charge is 0.0843 e. The molecular formula is C4H10N+. The Kier molecular flexibility index (Phi) is 0.618. The Morgan fingerprint density at radius 3 is 1.80 bits per heavy atom. The van der Waals surface area contributed by atoms with Crippen molar-refractivity contribution in [2.45, 2.75) is 25.3 Å². The van der Waals surface area contributed by atoms with Crippen LogP contribution in [0.25, 0.3) is 0 Å². The average molecular weight is 72.1 g/mol. The third kappa shape index (κ3) is 0.428. The van der Waals surface area contributed by atoms with Gasteiger partial charge in [-0.2, -0.15) is 0 Å². The standard InChI is InChI=1S/C4H9N/c5-4-2-1-3-4/h4H,1-3,5H2/p+1. The van der Waals surface area contributed by atoms with Crippen LogP contribution in [0.1, 0.15) is 19.3 Å². The molecule has 1 rings (SSSR count). The molecule has 1 nitrogen and oxygen atoms in total. The van der Waals surface area contributed by atoms with Crippen LogP contribution in [0, 0.1) is 0 Å². The first-order valence-corrected chi connectivity index (χ1v) is 2.22. The molecule has 0 amide bonds. The molecule has 1 aliphatic rings.